The van der Waals surface area contributed by atoms with Crippen LogP contribution in [0.5, 0.6) is 34.5 Å². The predicted octanol–water partition coefficient (Wildman–Crippen LogP) is 10.7. The molecule has 1 saturated heterocycles. The molecule has 0 aliphatic carbocycles. The summed E-state index contributed by atoms with van der Waals surface area (Å²) in [5.41, 5.74) is 14.6. The molecule has 1 aliphatic heterocycles. The summed E-state index contributed by atoms with van der Waals surface area (Å²) >= 11 is 0. The fraction of sp³-hybridized carbons (Fsp3) is 0.288. The lowest BCUT2D eigenvalue weighted by atomic mass is 10.1. The van der Waals surface area contributed by atoms with Gasteiger partial charge in [0.2, 0.25) is 0 Å². The summed E-state index contributed by atoms with van der Waals surface area (Å²) in [6.45, 7) is 6.46. The molecular weight excluding hydrogens is 1290 g/mol. The molecule has 0 spiro atoms. The van der Waals surface area contributed by atoms with E-state index < -0.39 is 9.84 Å². The van der Waals surface area contributed by atoms with Crippen LogP contribution in [-0.2, 0) is 35.3 Å². The molecule has 1 fully saturated rings. The first kappa shape index (κ1) is 70.0. The van der Waals surface area contributed by atoms with Crippen LogP contribution in [0, 0.1) is 0 Å². The molecular formula is C73H80N16O10S. The number of nitrogens with zero attached hydrogens (tertiary/aromatic N) is 16. The van der Waals surface area contributed by atoms with Crippen LogP contribution in [0.25, 0.3) is 66.9 Å². The predicted molar refractivity (Wildman–Crippen MR) is 387 cm³/mol. The number of Topliss-reactive ketones (excluding diaryl/α,β-unsaturated/α-hetero) is 1. The molecule has 100 heavy (non-hydrogen) atoms. The fourth-order valence-corrected chi connectivity index (χ4v) is 12.0. The van der Waals surface area contributed by atoms with Gasteiger partial charge in [0.15, 0.2) is 0 Å². The third-order valence-corrected chi connectivity index (χ3v) is 17.5. The lowest BCUT2D eigenvalue weighted by Gasteiger charge is -2.28. The van der Waals surface area contributed by atoms with Crippen molar-refractivity contribution in [1.82, 2.24) is 64.1 Å². The number of likely N-dealkylation sites (tertiary alicyclic amines) is 1. The van der Waals surface area contributed by atoms with Crippen LogP contribution in [-0.4, -0.2) is 184 Å². The number of ether oxygens (including phenoxy) is 6. The first-order valence-corrected chi connectivity index (χ1v) is 34.3. The van der Waals surface area contributed by atoms with Crippen LogP contribution >= 0.6 is 0 Å². The van der Waals surface area contributed by atoms with Crippen molar-refractivity contribution in [3.63, 3.8) is 0 Å². The third kappa shape index (κ3) is 17.5. The molecule has 6 aromatic heterocycles. The van der Waals surface area contributed by atoms with E-state index in [1.54, 1.807) is 113 Å². The number of aromatic nitrogens is 12. The minimum atomic E-state index is -3.08. The van der Waals surface area contributed by atoms with E-state index in [9.17, 15) is 18.3 Å². The van der Waals surface area contributed by atoms with Crippen molar-refractivity contribution < 1.29 is 46.7 Å². The highest BCUT2D eigenvalue weighted by Gasteiger charge is 2.21. The van der Waals surface area contributed by atoms with Crippen LogP contribution in [0.1, 0.15) is 19.8 Å². The lowest BCUT2D eigenvalue weighted by Crippen LogP contribution is -2.31. The molecule has 0 bridgehead atoms. The summed E-state index contributed by atoms with van der Waals surface area (Å²) in [7, 11) is 10.4. The molecule has 27 heteroatoms. The maximum atomic E-state index is 12.1. The number of ketones is 1. The number of carbonyl (C=O) groups excluding carboxylic acids is 1. The Hall–Kier alpha value is -11.3. The van der Waals surface area contributed by atoms with Crippen molar-refractivity contribution in [3.8, 4) is 68.3 Å². The average molecular weight is 1370 g/mol. The Kier molecular flexibility index (Phi) is 22.4. The maximum absolute atomic E-state index is 12.1. The number of carbonyl (C=O) groups is 1. The first-order chi connectivity index (χ1) is 48.4. The molecule has 7 heterocycles. The zero-order valence-corrected chi connectivity index (χ0v) is 58.4. The van der Waals surface area contributed by atoms with Crippen LogP contribution in [0.2, 0.25) is 0 Å². The second kappa shape index (κ2) is 31.9. The summed E-state index contributed by atoms with van der Waals surface area (Å²) in [5.74, 6) is 4.12. The van der Waals surface area contributed by atoms with Crippen molar-refractivity contribution >= 4 is 82.8 Å². The standard InChI is InChI=1S/C26H30N6O2.C24H27N5O5S.C23H23N5O3/c1-30-18-19(16-28-30)26-17-27-24-7-6-20(14-25(24)29-26)32(11-10-31-8-4-5-9-31)21-12-22(33-2)15-23(13-21)34-3;1-33-20-10-19(11-21(13-20)34-2)29(6-8-30)18-4-5-22-23(12-18)27-24(15-25-22)17-14-26-28(16-17)7-9-35(3,31)32;1-15(29)13-28(18-7-19(30-3)10-20(8-18)31-4)17-5-6-21-22(9-17)26-23(12-24-21)16-11-25-27(2)14-16/h6-7,12-18H,4-5,8-11H2,1-3H3;4-5,10-16,30H,6-9H2,1-3H3;5-12,14H,13H2,1-4H3. The van der Waals surface area contributed by atoms with Crippen LogP contribution < -0.4 is 43.1 Å². The molecule has 0 atom stereocenters. The van der Waals surface area contributed by atoms with Gasteiger partial charge in [-0.3, -0.25) is 33.8 Å². The number of aryl methyl sites for hydroxylation is 3. The van der Waals surface area contributed by atoms with Gasteiger partial charge in [-0.1, -0.05) is 0 Å². The normalized spacial score (nSPS) is 12.2. The highest BCUT2D eigenvalue weighted by atomic mass is 32.2. The first-order valence-electron chi connectivity index (χ1n) is 32.2. The topological polar surface area (TPSA) is 271 Å². The van der Waals surface area contributed by atoms with E-state index in [1.807, 2.05) is 115 Å². The second-order valence-electron chi connectivity index (χ2n) is 23.8. The number of anilines is 6. The molecule has 1 aliphatic rings. The van der Waals surface area contributed by atoms with E-state index in [0.717, 1.165) is 122 Å². The van der Waals surface area contributed by atoms with Crippen molar-refractivity contribution in [1.29, 1.82) is 0 Å². The Morgan fingerprint density at radius 3 is 1.19 bits per heavy atom. The number of hydrogen-bond donors (Lipinski definition) is 1. The van der Waals surface area contributed by atoms with Gasteiger partial charge in [-0.05, 0) is 87.5 Å². The van der Waals surface area contributed by atoms with Crippen LogP contribution in [0.15, 0.2) is 165 Å². The number of rotatable bonds is 25. The monoisotopic (exact) mass is 1370 g/mol. The molecule has 0 radical (unpaired) electrons. The third-order valence-electron chi connectivity index (χ3n) is 16.6. The summed E-state index contributed by atoms with van der Waals surface area (Å²) < 4.78 is 60.7. The van der Waals surface area contributed by atoms with Gasteiger partial charge in [-0.2, -0.15) is 15.3 Å². The Labute approximate surface area is 579 Å². The highest BCUT2D eigenvalue weighted by Crippen LogP contribution is 2.38. The zero-order chi connectivity index (χ0) is 70.5. The Balaban J connectivity index is 0.000000152. The van der Waals surface area contributed by atoms with Gasteiger partial charge < -0.3 is 53.1 Å². The number of aliphatic hydroxyl groups excluding tert-OH is 1. The largest absolute Gasteiger partial charge is 0.497 e. The van der Waals surface area contributed by atoms with E-state index >= 15 is 0 Å². The van der Waals surface area contributed by atoms with Gasteiger partial charge in [-0.25, -0.2) is 23.4 Å². The maximum Gasteiger partial charge on any atom is 0.149 e. The summed E-state index contributed by atoms with van der Waals surface area (Å²) in [6.07, 6.45) is 19.8. The van der Waals surface area contributed by atoms with Crippen LogP contribution in [0.4, 0.5) is 34.1 Å². The van der Waals surface area contributed by atoms with Gasteiger partial charge in [0.05, 0.1) is 155 Å². The van der Waals surface area contributed by atoms with Gasteiger partial charge in [-0.15, -0.1) is 0 Å². The SMILES string of the molecule is COc1cc(OC)cc(N(CC(C)=O)c2ccc3ncc(-c4cnn(C)c4)nc3c2)c1.COc1cc(OC)cc(N(CCN2CCCC2)c2ccc3ncc(-c4cnn(C)c4)nc3c2)c1.COc1cc(OC)cc(N(CCO)c2ccc3ncc(-c4cnn(CCS(C)(=O)=O)c4)nc3c2)c1. The van der Waals surface area contributed by atoms with Crippen molar-refractivity contribution in [2.24, 2.45) is 14.1 Å². The number of hydrogen-bond acceptors (Lipinski definition) is 23. The smallest absolute Gasteiger partial charge is 0.149 e. The molecule has 13 rings (SSSR count). The zero-order valence-electron chi connectivity index (χ0n) is 57.6. The van der Waals surface area contributed by atoms with Gasteiger partial charge >= 0.3 is 0 Å². The van der Waals surface area contributed by atoms with Gasteiger partial charge in [0.25, 0.3) is 0 Å². The van der Waals surface area contributed by atoms with Crippen molar-refractivity contribution in [2.75, 3.05) is 115 Å². The van der Waals surface area contributed by atoms with Crippen molar-refractivity contribution in [3.05, 3.63) is 165 Å². The molecule has 26 nitrogen and oxygen atoms in total. The average Bonchev–Trinajstić information content (AvgIpc) is 1.04. The number of methoxy groups -OCH3 is 6. The number of benzene rings is 6. The van der Waals surface area contributed by atoms with Crippen LogP contribution in [0.3, 0.4) is 0 Å². The highest BCUT2D eigenvalue weighted by molar-refractivity contribution is 7.90. The summed E-state index contributed by atoms with van der Waals surface area (Å²) in [5, 5.41) is 22.4. The Morgan fingerprint density at radius 1 is 0.460 bits per heavy atom. The number of sulfone groups is 1. The molecule has 6 aromatic carbocycles. The minimum Gasteiger partial charge on any atom is -0.497 e. The summed E-state index contributed by atoms with van der Waals surface area (Å²) in [6, 6.07) is 34.8. The summed E-state index contributed by atoms with van der Waals surface area (Å²) in [4.78, 5) is 48.9. The van der Waals surface area contributed by atoms with Crippen molar-refractivity contribution in [2.45, 2.75) is 26.3 Å². The van der Waals surface area contributed by atoms with E-state index in [4.69, 9.17) is 43.4 Å². The lowest BCUT2D eigenvalue weighted by molar-refractivity contribution is -0.115. The Bertz CT molecular complexity index is 4880. The second-order valence-corrected chi connectivity index (χ2v) is 26.0. The van der Waals surface area contributed by atoms with E-state index in [-0.39, 0.29) is 31.2 Å². The van der Waals surface area contributed by atoms with E-state index in [1.165, 1.54) is 19.1 Å². The molecule has 0 saturated carbocycles. The van der Waals surface area contributed by atoms with Gasteiger partial charge in [0, 0.05) is 164 Å². The van der Waals surface area contributed by atoms with E-state index in [0.29, 0.717) is 46.3 Å². The molecule has 0 unspecified atom stereocenters. The molecule has 12 aromatic rings. The molecule has 0 amide bonds. The van der Waals surface area contributed by atoms with E-state index in [2.05, 4.69) is 64.3 Å². The quantitative estimate of drug-likeness (QED) is 0.0557. The number of aliphatic hydroxyl groups is 1. The van der Waals surface area contributed by atoms with Gasteiger partial charge in [0.1, 0.15) is 50.1 Å². The molecule has 518 valence electrons. The number of fused-ring (bicyclic) bond motifs is 3. The minimum absolute atomic E-state index is 0.0105. The Morgan fingerprint density at radius 2 is 0.830 bits per heavy atom. The molecule has 1 N–H and O–H groups in total. The fourth-order valence-electron chi connectivity index (χ4n) is 11.5.